The van der Waals surface area contributed by atoms with Crippen LogP contribution in [-0.4, -0.2) is 41.4 Å². The summed E-state index contributed by atoms with van der Waals surface area (Å²) >= 11 is 1.95. The van der Waals surface area contributed by atoms with Crippen LogP contribution in [0, 0.1) is 6.92 Å². The average Bonchev–Trinajstić information content (AvgIpc) is 2.41. The van der Waals surface area contributed by atoms with Gasteiger partial charge in [-0.05, 0) is 37.6 Å². The van der Waals surface area contributed by atoms with Crippen LogP contribution in [0.25, 0.3) is 0 Å². The Morgan fingerprint density at radius 3 is 2.79 bits per heavy atom. The number of benzene rings is 1. The fourth-order valence-corrected chi connectivity index (χ4v) is 3.53. The monoisotopic (exact) mass is 278 g/mol. The molecule has 1 aromatic carbocycles. The number of anilines is 1. The summed E-state index contributed by atoms with van der Waals surface area (Å²) < 4.78 is 0. The molecule has 0 bridgehead atoms. The molecule has 1 heterocycles. The van der Waals surface area contributed by atoms with Crippen LogP contribution in [0.3, 0.4) is 0 Å². The first-order chi connectivity index (χ1) is 9.04. The first-order valence-corrected chi connectivity index (χ1v) is 7.80. The van der Waals surface area contributed by atoms with E-state index in [-0.39, 0.29) is 5.91 Å². The van der Waals surface area contributed by atoms with Crippen molar-refractivity contribution in [3.05, 3.63) is 29.3 Å². The highest BCUT2D eigenvalue weighted by Crippen LogP contribution is 2.26. The van der Waals surface area contributed by atoms with Crippen molar-refractivity contribution in [2.45, 2.75) is 32.1 Å². The largest absolute Gasteiger partial charge is 0.388 e. The van der Waals surface area contributed by atoms with Crippen molar-refractivity contribution in [2.24, 2.45) is 0 Å². The second-order valence-electron chi connectivity index (χ2n) is 5.09. The molecule has 19 heavy (non-hydrogen) atoms. The fraction of sp³-hybridized carbons (Fsp3) is 0.533. The van der Waals surface area contributed by atoms with Crippen molar-refractivity contribution in [1.82, 2.24) is 4.90 Å². The molecule has 1 aliphatic rings. The molecular weight excluding hydrogens is 256 g/mol. The van der Waals surface area contributed by atoms with E-state index in [0.717, 1.165) is 29.1 Å². The summed E-state index contributed by atoms with van der Waals surface area (Å²) in [6.07, 6.45) is 0. The Morgan fingerprint density at radius 1 is 1.42 bits per heavy atom. The molecule has 2 unspecified atom stereocenters. The molecule has 0 saturated carbocycles. The van der Waals surface area contributed by atoms with Gasteiger partial charge >= 0.3 is 0 Å². The van der Waals surface area contributed by atoms with E-state index < -0.39 is 0 Å². The highest BCUT2D eigenvalue weighted by Gasteiger charge is 2.29. The first-order valence-electron chi connectivity index (χ1n) is 6.75. The van der Waals surface area contributed by atoms with Crippen LogP contribution < -0.4 is 5.32 Å². The lowest BCUT2D eigenvalue weighted by atomic mass is 10.0. The van der Waals surface area contributed by atoms with Gasteiger partial charge in [0, 0.05) is 41.9 Å². The van der Waals surface area contributed by atoms with Gasteiger partial charge in [-0.1, -0.05) is 6.92 Å². The van der Waals surface area contributed by atoms with Gasteiger partial charge in [0.1, 0.15) is 0 Å². The normalized spacial score (nSPS) is 23.3. The molecule has 1 fully saturated rings. The highest BCUT2D eigenvalue weighted by molar-refractivity contribution is 8.00. The summed E-state index contributed by atoms with van der Waals surface area (Å²) in [5, 5.41) is 3.61. The summed E-state index contributed by atoms with van der Waals surface area (Å²) in [5.41, 5.74) is 2.91. The van der Waals surface area contributed by atoms with Gasteiger partial charge in [0.15, 0.2) is 0 Å². The molecule has 4 heteroatoms. The van der Waals surface area contributed by atoms with E-state index in [1.807, 2.05) is 48.8 Å². The molecule has 1 aliphatic heterocycles. The van der Waals surface area contributed by atoms with E-state index in [1.165, 1.54) is 0 Å². The zero-order chi connectivity index (χ0) is 14.0. The van der Waals surface area contributed by atoms with Crippen molar-refractivity contribution in [2.75, 3.05) is 24.7 Å². The molecule has 1 amide bonds. The molecule has 0 aliphatic carbocycles. The molecule has 3 nitrogen and oxygen atoms in total. The SMILES string of the molecule is CNc1ccc(C(=O)N2CCSC(C)C2C)c(C)c1. The minimum Gasteiger partial charge on any atom is -0.388 e. The van der Waals surface area contributed by atoms with Gasteiger partial charge in [-0.2, -0.15) is 11.8 Å². The third-order valence-electron chi connectivity index (χ3n) is 3.89. The van der Waals surface area contributed by atoms with E-state index in [9.17, 15) is 4.79 Å². The number of hydrogen-bond acceptors (Lipinski definition) is 3. The maximum atomic E-state index is 12.7. The van der Waals surface area contributed by atoms with Gasteiger partial charge in [-0.3, -0.25) is 4.79 Å². The maximum Gasteiger partial charge on any atom is 0.254 e. The highest BCUT2D eigenvalue weighted by atomic mass is 32.2. The van der Waals surface area contributed by atoms with Crippen LogP contribution in [-0.2, 0) is 0 Å². The number of thioether (sulfide) groups is 1. The lowest BCUT2D eigenvalue weighted by molar-refractivity contribution is 0.0697. The van der Waals surface area contributed by atoms with Crippen molar-refractivity contribution in [1.29, 1.82) is 0 Å². The predicted octanol–water partition coefficient (Wildman–Crippen LogP) is 3.00. The molecule has 1 N–H and O–H groups in total. The Bertz CT molecular complexity index is 475. The Balaban J connectivity index is 2.24. The summed E-state index contributed by atoms with van der Waals surface area (Å²) in [6.45, 7) is 7.20. The molecular formula is C15H22N2OS. The van der Waals surface area contributed by atoms with Crippen molar-refractivity contribution >= 4 is 23.4 Å². The molecule has 0 spiro atoms. The number of rotatable bonds is 2. The zero-order valence-electron chi connectivity index (χ0n) is 12.1. The Labute approximate surface area is 119 Å². The number of carbonyl (C=O) groups is 1. The minimum atomic E-state index is 0.166. The molecule has 0 aromatic heterocycles. The van der Waals surface area contributed by atoms with Crippen molar-refractivity contribution < 1.29 is 4.79 Å². The smallest absolute Gasteiger partial charge is 0.254 e. The van der Waals surface area contributed by atoms with E-state index in [4.69, 9.17) is 0 Å². The lowest BCUT2D eigenvalue weighted by Gasteiger charge is -2.37. The van der Waals surface area contributed by atoms with Gasteiger partial charge in [-0.15, -0.1) is 0 Å². The summed E-state index contributed by atoms with van der Waals surface area (Å²) in [4.78, 5) is 14.7. The summed E-state index contributed by atoms with van der Waals surface area (Å²) in [5.74, 6) is 1.20. The molecule has 2 atom stereocenters. The van der Waals surface area contributed by atoms with E-state index in [2.05, 4.69) is 19.2 Å². The summed E-state index contributed by atoms with van der Waals surface area (Å²) in [7, 11) is 1.89. The molecule has 1 aromatic rings. The Hall–Kier alpha value is -1.16. The molecule has 1 saturated heterocycles. The van der Waals surface area contributed by atoms with Crippen LogP contribution in [0.5, 0.6) is 0 Å². The topological polar surface area (TPSA) is 32.3 Å². The zero-order valence-corrected chi connectivity index (χ0v) is 12.9. The van der Waals surface area contributed by atoms with Crippen LogP contribution in [0.2, 0.25) is 0 Å². The van der Waals surface area contributed by atoms with Crippen LogP contribution in [0.15, 0.2) is 18.2 Å². The Morgan fingerprint density at radius 2 is 2.16 bits per heavy atom. The maximum absolute atomic E-state index is 12.7. The van der Waals surface area contributed by atoms with Gasteiger partial charge in [0.25, 0.3) is 5.91 Å². The van der Waals surface area contributed by atoms with Gasteiger partial charge in [0.2, 0.25) is 0 Å². The molecule has 104 valence electrons. The molecule has 2 rings (SSSR count). The minimum absolute atomic E-state index is 0.166. The fourth-order valence-electron chi connectivity index (χ4n) is 2.43. The van der Waals surface area contributed by atoms with Gasteiger partial charge in [0.05, 0.1) is 0 Å². The second-order valence-corrected chi connectivity index (χ2v) is 6.58. The van der Waals surface area contributed by atoms with Crippen LogP contribution in [0.1, 0.15) is 29.8 Å². The van der Waals surface area contributed by atoms with Gasteiger partial charge < -0.3 is 10.2 Å². The van der Waals surface area contributed by atoms with Crippen molar-refractivity contribution in [3.63, 3.8) is 0 Å². The first kappa shape index (κ1) is 14.3. The van der Waals surface area contributed by atoms with E-state index in [1.54, 1.807) is 0 Å². The van der Waals surface area contributed by atoms with Crippen molar-refractivity contribution in [3.8, 4) is 0 Å². The van der Waals surface area contributed by atoms with E-state index >= 15 is 0 Å². The lowest BCUT2D eigenvalue weighted by Crippen LogP contribution is -2.48. The standard InChI is InChI=1S/C15H22N2OS/c1-10-9-13(16-4)5-6-14(10)15(18)17-7-8-19-12(3)11(17)2/h5-6,9,11-12,16H,7-8H2,1-4H3. The van der Waals surface area contributed by atoms with E-state index in [0.29, 0.717) is 11.3 Å². The third kappa shape index (κ3) is 2.89. The quantitative estimate of drug-likeness (QED) is 0.902. The summed E-state index contributed by atoms with van der Waals surface area (Å²) in [6, 6.07) is 6.23. The number of nitrogens with zero attached hydrogens (tertiary/aromatic N) is 1. The number of hydrogen-bond donors (Lipinski definition) is 1. The third-order valence-corrected chi connectivity index (χ3v) is 5.23. The van der Waals surface area contributed by atoms with Crippen LogP contribution >= 0.6 is 11.8 Å². The second kappa shape index (κ2) is 5.87. The average molecular weight is 278 g/mol. The van der Waals surface area contributed by atoms with Crippen LogP contribution in [0.4, 0.5) is 5.69 Å². The van der Waals surface area contributed by atoms with Gasteiger partial charge in [-0.25, -0.2) is 0 Å². The number of amides is 1. The molecule has 0 radical (unpaired) electrons. The number of carbonyl (C=O) groups excluding carboxylic acids is 1. The predicted molar refractivity (Wildman–Crippen MR) is 83.1 cm³/mol. The number of aryl methyl sites for hydroxylation is 1. The Kier molecular flexibility index (Phi) is 4.40. The number of nitrogens with one attached hydrogen (secondary N) is 1.